The Hall–Kier alpha value is -1.30. The fourth-order valence-electron chi connectivity index (χ4n) is 1.70. The van der Waals surface area contributed by atoms with Gasteiger partial charge in [0.15, 0.2) is 0 Å². The summed E-state index contributed by atoms with van der Waals surface area (Å²) in [5.41, 5.74) is 1.40. The quantitative estimate of drug-likeness (QED) is 0.832. The van der Waals surface area contributed by atoms with Gasteiger partial charge in [-0.3, -0.25) is 0 Å². The van der Waals surface area contributed by atoms with Gasteiger partial charge in [-0.2, -0.15) is 0 Å². The fourth-order valence-corrected chi connectivity index (χ4v) is 2.78. The Bertz CT molecular complexity index is 564. The molecule has 1 atom stereocenters. The second-order valence-electron chi connectivity index (χ2n) is 4.13. The largest absolute Gasteiger partial charge is 0.464 e. The highest BCUT2D eigenvalue weighted by atomic mass is 35.5. The molecule has 6 heteroatoms. The Kier molecular flexibility index (Phi) is 4.63. The highest BCUT2D eigenvalue weighted by Crippen LogP contribution is 2.26. The minimum atomic E-state index is -0.357. The van der Waals surface area contributed by atoms with E-state index in [1.54, 1.807) is 17.4 Å². The van der Waals surface area contributed by atoms with Gasteiger partial charge in [0.1, 0.15) is 5.69 Å². The maximum atomic E-state index is 11.3. The third kappa shape index (κ3) is 3.59. The van der Waals surface area contributed by atoms with Gasteiger partial charge < -0.3 is 15.0 Å². The van der Waals surface area contributed by atoms with Crippen LogP contribution >= 0.6 is 22.9 Å². The molecule has 0 spiro atoms. The van der Waals surface area contributed by atoms with E-state index >= 15 is 0 Å². The Morgan fingerprint density at radius 1 is 1.47 bits per heavy atom. The zero-order valence-corrected chi connectivity index (χ0v) is 12.3. The Morgan fingerprint density at radius 2 is 2.26 bits per heavy atom. The van der Waals surface area contributed by atoms with E-state index in [1.807, 2.05) is 18.2 Å². The van der Waals surface area contributed by atoms with Gasteiger partial charge in [0, 0.05) is 23.2 Å². The zero-order valence-electron chi connectivity index (χ0n) is 10.7. The molecule has 0 aromatic carbocycles. The van der Waals surface area contributed by atoms with E-state index < -0.39 is 0 Å². The number of ether oxygens (including phenoxy) is 1. The fraction of sp³-hybridized carbons (Fsp3) is 0.308. The molecule has 0 aliphatic carbocycles. The van der Waals surface area contributed by atoms with Crippen molar-refractivity contribution in [2.24, 2.45) is 0 Å². The number of esters is 1. The average molecular weight is 299 g/mol. The number of carbonyl (C=O) groups excluding carboxylic acids is 1. The molecule has 19 heavy (non-hydrogen) atoms. The first kappa shape index (κ1) is 14.1. The molecule has 2 heterocycles. The van der Waals surface area contributed by atoms with Crippen molar-refractivity contribution < 1.29 is 9.53 Å². The maximum absolute atomic E-state index is 11.3. The summed E-state index contributed by atoms with van der Waals surface area (Å²) in [6.45, 7) is 2.72. The van der Waals surface area contributed by atoms with E-state index in [1.165, 1.54) is 12.0 Å². The van der Waals surface area contributed by atoms with Crippen LogP contribution in [0.25, 0.3) is 0 Å². The lowest BCUT2D eigenvalue weighted by atomic mass is 10.2. The smallest absolute Gasteiger partial charge is 0.354 e. The van der Waals surface area contributed by atoms with Crippen LogP contribution in [0, 0.1) is 0 Å². The van der Waals surface area contributed by atoms with E-state index in [0.717, 1.165) is 10.0 Å². The molecule has 0 radical (unpaired) electrons. The Morgan fingerprint density at radius 3 is 2.89 bits per heavy atom. The number of H-pyrrole nitrogens is 1. The molecule has 2 rings (SSSR count). The minimum Gasteiger partial charge on any atom is -0.464 e. The summed E-state index contributed by atoms with van der Waals surface area (Å²) in [6.07, 6.45) is 0. The second-order valence-corrected chi connectivity index (χ2v) is 5.88. The number of methoxy groups -OCH3 is 1. The van der Waals surface area contributed by atoms with Crippen molar-refractivity contribution in [2.75, 3.05) is 7.11 Å². The van der Waals surface area contributed by atoms with E-state index in [0.29, 0.717) is 12.2 Å². The molecule has 0 saturated carbocycles. The number of halogens is 1. The summed E-state index contributed by atoms with van der Waals surface area (Å²) in [7, 11) is 1.36. The number of carbonyl (C=O) groups is 1. The molecule has 102 valence electrons. The van der Waals surface area contributed by atoms with Crippen molar-refractivity contribution in [3.8, 4) is 0 Å². The number of hydrogen-bond donors (Lipinski definition) is 2. The van der Waals surface area contributed by atoms with Crippen molar-refractivity contribution in [3.63, 3.8) is 0 Å². The lowest BCUT2D eigenvalue weighted by Gasteiger charge is -2.10. The van der Waals surface area contributed by atoms with Crippen molar-refractivity contribution in [2.45, 2.75) is 19.5 Å². The van der Waals surface area contributed by atoms with Gasteiger partial charge in [-0.25, -0.2) is 4.79 Å². The number of hydrogen-bond acceptors (Lipinski definition) is 4. The van der Waals surface area contributed by atoms with Crippen molar-refractivity contribution in [1.82, 2.24) is 10.3 Å². The number of aromatic amines is 1. The maximum Gasteiger partial charge on any atom is 0.354 e. The second kappa shape index (κ2) is 6.23. The van der Waals surface area contributed by atoms with Gasteiger partial charge in [-0.05, 0) is 31.2 Å². The van der Waals surface area contributed by atoms with Gasteiger partial charge >= 0.3 is 5.97 Å². The minimum absolute atomic E-state index is 0.211. The molecule has 0 fully saturated rings. The standard InChI is InChI=1S/C13H15ClN2O2S/c1-8(11-5-6-12(14)19-11)15-7-9-3-4-10(16-9)13(17)18-2/h3-6,8,15-16H,7H2,1-2H3. The monoisotopic (exact) mass is 298 g/mol. The van der Waals surface area contributed by atoms with E-state index in [2.05, 4.69) is 22.0 Å². The van der Waals surface area contributed by atoms with Crippen LogP contribution in [0.3, 0.4) is 0 Å². The van der Waals surface area contributed by atoms with E-state index in [-0.39, 0.29) is 12.0 Å². The predicted molar refractivity (Wildman–Crippen MR) is 76.7 cm³/mol. The molecule has 0 aliphatic rings. The Balaban J connectivity index is 1.91. The molecular formula is C13H15ClN2O2S. The first-order valence-corrected chi connectivity index (χ1v) is 7.04. The first-order valence-electron chi connectivity index (χ1n) is 5.85. The predicted octanol–water partition coefficient (Wildman–Crippen LogP) is 3.37. The van der Waals surface area contributed by atoms with Gasteiger partial charge in [0.25, 0.3) is 0 Å². The van der Waals surface area contributed by atoms with Crippen LogP contribution in [-0.2, 0) is 11.3 Å². The van der Waals surface area contributed by atoms with E-state index in [4.69, 9.17) is 11.6 Å². The lowest BCUT2D eigenvalue weighted by molar-refractivity contribution is 0.0594. The van der Waals surface area contributed by atoms with Crippen LogP contribution in [0.15, 0.2) is 24.3 Å². The average Bonchev–Trinajstić information content (AvgIpc) is 3.04. The van der Waals surface area contributed by atoms with Gasteiger partial charge in [0.05, 0.1) is 11.4 Å². The number of rotatable bonds is 5. The van der Waals surface area contributed by atoms with E-state index in [9.17, 15) is 4.79 Å². The van der Waals surface area contributed by atoms with Crippen molar-refractivity contribution >= 4 is 28.9 Å². The molecule has 0 amide bonds. The molecular weight excluding hydrogens is 284 g/mol. The molecule has 4 nitrogen and oxygen atoms in total. The van der Waals surface area contributed by atoms with Gasteiger partial charge in [-0.15, -0.1) is 11.3 Å². The number of aromatic nitrogens is 1. The summed E-state index contributed by atoms with van der Waals surface area (Å²) in [6, 6.07) is 7.70. The summed E-state index contributed by atoms with van der Waals surface area (Å²) in [4.78, 5) is 15.5. The van der Waals surface area contributed by atoms with Gasteiger partial charge in [-0.1, -0.05) is 11.6 Å². The van der Waals surface area contributed by atoms with Crippen LogP contribution in [0.4, 0.5) is 0 Å². The summed E-state index contributed by atoms with van der Waals surface area (Å²) in [5, 5.41) is 3.37. The van der Waals surface area contributed by atoms with Crippen LogP contribution in [0.1, 0.15) is 34.0 Å². The van der Waals surface area contributed by atoms with Gasteiger partial charge in [0.2, 0.25) is 0 Å². The summed E-state index contributed by atoms with van der Waals surface area (Å²) >= 11 is 7.47. The van der Waals surface area contributed by atoms with Crippen LogP contribution < -0.4 is 5.32 Å². The normalized spacial score (nSPS) is 12.4. The summed E-state index contributed by atoms with van der Waals surface area (Å²) in [5.74, 6) is -0.357. The molecule has 0 bridgehead atoms. The summed E-state index contributed by atoms with van der Waals surface area (Å²) < 4.78 is 5.43. The Labute approximate surface area is 120 Å². The van der Waals surface area contributed by atoms with Crippen molar-refractivity contribution in [1.29, 1.82) is 0 Å². The number of nitrogens with one attached hydrogen (secondary N) is 2. The molecule has 0 aliphatic heterocycles. The SMILES string of the molecule is COC(=O)c1ccc(CNC(C)c2ccc(Cl)s2)[nH]1. The number of thiophene rings is 1. The third-order valence-corrected chi connectivity index (χ3v) is 4.19. The molecule has 1 unspecified atom stereocenters. The van der Waals surface area contributed by atoms with Crippen LogP contribution in [0.5, 0.6) is 0 Å². The highest BCUT2D eigenvalue weighted by Gasteiger charge is 2.10. The molecule has 2 aromatic rings. The topological polar surface area (TPSA) is 54.1 Å². The molecule has 2 N–H and O–H groups in total. The molecule has 0 saturated heterocycles. The highest BCUT2D eigenvalue weighted by molar-refractivity contribution is 7.16. The zero-order chi connectivity index (χ0) is 13.8. The third-order valence-electron chi connectivity index (χ3n) is 2.77. The first-order chi connectivity index (χ1) is 9.10. The van der Waals surface area contributed by atoms with Crippen LogP contribution in [0.2, 0.25) is 4.34 Å². The van der Waals surface area contributed by atoms with Crippen molar-refractivity contribution in [3.05, 3.63) is 44.9 Å². The lowest BCUT2D eigenvalue weighted by Crippen LogP contribution is -2.17. The van der Waals surface area contributed by atoms with Crippen LogP contribution in [-0.4, -0.2) is 18.1 Å². The molecule has 2 aromatic heterocycles.